The average Bonchev–Trinajstić information content (AvgIpc) is 2.15. The van der Waals surface area contributed by atoms with Crippen LogP contribution in [0.4, 0.5) is 11.4 Å². The van der Waals surface area contributed by atoms with Crippen molar-refractivity contribution in [2.45, 2.75) is 4.90 Å². The highest BCUT2D eigenvalue weighted by atomic mass is 32.2. The lowest BCUT2D eigenvalue weighted by molar-refractivity contribution is -0.394. The van der Waals surface area contributed by atoms with E-state index in [4.69, 9.17) is 0 Å². The molecule has 0 unspecified atom stereocenters. The van der Waals surface area contributed by atoms with Crippen LogP contribution < -0.4 is 0 Å². The van der Waals surface area contributed by atoms with Crippen molar-refractivity contribution in [3.8, 4) is 0 Å². The number of rotatable bonds is 3. The quantitative estimate of drug-likeness (QED) is 0.566. The van der Waals surface area contributed by atoms with Gasteiger partial charge in [0.1, 0.15) is 4.90 Å². The van der Waals surface area contributed by atoms with E-state index in [1.165, 1.54) is 0 Å². The van der Waals surface area contributed by atoms with Gasteiger partial charge in [-0.3, -0.25) is 20.2 Å². The SMILES string of the molecule is [O]S(=O)(=O)c1cc([N+](=O)[O-])cc([N+](=O)[O-])c1. The molecule has 0 saturated carbocycles. The minimum atomic E-state index is -4.97. The lowest BCUT2D eigenvalue weighted by atomic mass is 10.3. The van der Waals surface area contributed by atoms with Crippen molar-refractivity contribution in [1.29, 1.82) is 0 Å². The zero-order valence-corrected chi connectivity index (χ0v) is 8.21. The van der Waals surface area contributed by atoms with Crippen molar-refractivity contribution < 1.29 is 22.8 Å². The zero-order valence-electron chi connectivity index (χ0n) is 7.39. The maximum Gasteiger partial charge on any atom is 0.324 e. The molecule has 1 rings (SSSR count). The molecule has 0 aliphatic rings. The minimum Gasteiger partial charge on any atom is -0.258 e. The van der Waals surface area contributed by atoms with Crippen LogP contribution in [-0.4, -0.2) is 18.3 Å². The summed E-state index contributed by atoms with van der Waals surface area (Å²) in [4.78, 5) is 17.6. The number of hydrogen-bond acceptors (Lipinski definition) is 6. The molecule has 85 valence electrons. The molecule has 0 amide bonds. The highest BCUT2D eigenvalue weighted by Crippen LogP contribution is 2.25. The Balaban J connectivity index is 3.54. The Morgan fingerprint density at radius 2 is 1.31 bits per heavy atom. The fraction of sp³-hybridized carbons (Fsp3) is 0. The van der Waals surface area contributed by atoms with Crippen LogP contribution in [-0.2, 0) is 14.7 Å². The molecule has 0 aromatic heterocycles. The molecule has 0 fully saturated rings. The Morgan fingerprint density at radius 1 is 0.938 bits per heavy atom. The van der Waals surface area contributed by atoms with E-state index in [9.17, 15) is 33.2 Å². The first-order valence-electron chi connectivity index (χ1n) is 3.61. The number of nitro groups is 2. The summed E-state index contributed by atoms with van der Waals surface area (Å²) in [6.07, 6.45) is 0. The second-order valence-corrected chi connectivity index (χ2v) is 4.03. The van der Waals surface area contributed by atoms with Gasteiger partial charge in [-0.1, -0.05) is 4.55 Å². The van der Waals surface area contributed by atoms with Crippen LogP contribution in [0.2, 0.25) is 0 Å². The van der Waals surface area contributed by atoms with Gasteiger partial charge >= 0.3 is 10.1 Å². The van der Waals surface area contributed by atoms with E-state index in [0.717, 1.165) is 0 Å². The summed E-state index contributed by atoms with van der Waals surface area (Å²) in [5, 5.41) is 20.7. The van der Waals surface area contributed by atoms with Gasteiger partial charge in [-0.2, -0.15) is 8.42 Å². The summed E-state index contributed by atoms with van der Waals surface area (Å²) in [5.74, 6) is 0. The van der Waals surface area contributed by atoms with E-state index in [0.29, 0.717) is 18.2 Å². The van der Waals surface area contributed by atoms with E-state index >= 15 is 0 Å². The van der Waals surface area contributed by atoms with E-state index in [1.807, 2.05) is 0 Å². The van der Waals surface area contributed by atoms with Gasteiger partial charge in [0, 0.05) is 12.1 Å². The number of nitrogens with zero attached hydrogens (tertiary/aromatic N) is 2. The summed E-state index contributed by atoms with van der Waals surface area (Å²) < 4.78 is 31.7. The van der Waals surface area contributed by atoms with Crippen molar-refractivity contribution in [2.24, 2.45) is 0 Å². The molecule has 0 atom stereocenters. The molecular formula is C6H3N2O7S. The van der Waals surface area contributed by atoms with Gasteiger partial charge in [-0.25, -0.2) is 0 Å². The first kappa shape index (κ1) is 12.0. The van der Waals surface area contributed by atoms with Crippen LogP contribution in [0.15, 0.2) is 23.1 Å². The molecule has 16 heavy (non-hydrogen) atoms. The Kier molecular flexibility index (Phi) is 2.87. The zero-order chi connectivity index (χ0) is 12.5. The third kappa shape index (κ3) is 2.49. The predicted octanol–water partition coefficient (Wildman–Crippen LogP) is 0.622. The molecule has 0 N–H and O–H groups in total. The largest absolute Gasteiger partial charge is 0.324 e. The summed E-state index contributed by atoms with van der Waals surface area (Å²) in [7, 11) is -4.97. The highest BCUT2D eigenvalue weighted by molar-refractivity contribution is 7.85. The Morgan fingerprint density at radius 3 is 1.56 bits per heavy atom. The third-order valence-corrected chi connectivity index (χ3v) is 2.40. The maximum atomic E-state index is 10.6. The molecule has 0 bridgehead atoms. The van der Waals surface area contributed by atoms with Crippen molar-refractivity contribution in [3.05, 3.63) is 38.4 Å². The molecule has 1 aromatic carbocycles. The van der Waals surface area contributed by atoms with Gasteiger partial charge in [0.2, 0.25) is 0 Å². The van der Waals surface area contributed by atoms with Crippen LogP contribution in [0.25, 0.3) is 0 Å². The van der Waals surface area contributed by atoms with E-state index in [2.05, 4.69) is 0 Å². The minimum absolute atomic E-state index is 0.468. The second kappa shape index (κ2) is 3.83. The fourth-order valence-corrected chi connectivity index (χ4v) is 1.45. The number of nitro benzene ring substituents is 2. The van der Waals surface area contributed by atoms with Crippen molar-refractivity contribution >= 4 is 21.5 Å². The topological polar surface area (TPSA) is 140 Å². The molecule has 9 nitrogen and oxygen atoms in total. The van der Waals surface area contributed by atoms with Crippen molar-refractivity contribution in [3.63, 3.8) is 0 Å². The summed E-state index contributed by atoms with van der Waals surface area (Å²) in [6.45, 7) is 0. The van der Waals surface area contributed by atoms with Gasteiger partial charge in [-0.05, 0) is 0 Å². The van der Waals surface area contributed by atoms with Crippen molar-refractivity contribution in [1.82, 2.24) is 0 Å². The first-order valence-corrected chi connectivity index (χ1v) is 5.02. The highest BCUT2D eigenvalue weighted by Gasteiger charge is 2.22. The first-order chi connectivity index (χ1) is 7.21. The van der Waals surface area contributed by atoms with Gasteiger partial charge in [0.25, 0.3) is 11.4 Å². The molecule has 1 aromatic rings. The summed E-state index contributed by atoms with van der Waals surface area (Å²) in [6, 6.07) is 1.50. The van der Waals surface area contributed by atoms with Crippen LogP contribution in [0.1, 0.15) is 0 Å². The van der Waals surface area contributed by atoms with Gasteiger partial charge in [0.05, 0.1) is 15.9 Å². The molecule has 10 heteroatoms. The monoisotopic (exact) mass is 247 g/mol. The average molecular weight is 247 g/mol. The Bertz CT molecular complexity index is 532. The summed E-state index contributed by atoms with van der Waals surface area (Å²) >= 11 is 0. The molecule has 0 spiro atoms. The van der Waals surface area contributed by atoms with Crippen molar-refractivity contribution in [2.75, 3.05) is 0 Å². The molecule has 0 saturated heterocycles. The van der Waals surface area contributed by atoms with E-state index in [1.54, 1.807) is 0 Å². The van der Waals surface area contributed by atoms with Gasteiger partial charge in [-0.15, -0.1) is 0 Å². The smallest absolute Gasteiger partial charge is 0.258 e. The molecule has 0 heterocycles. The van der Waals surface area contributed by atoms with Crippen LogP contribution in [0, 0.1) is 20.2 Å². The number of hydrogen-bond donors (Lipinski definition) is 0. The standard InChI is InChI=1S/C6H3N2O7S/c9-7(10)4-1-5(8(11)12)3-6(2-4)16(13,14)15/h1-3H. The van der Waals surface area contributed by atoms with Crippen LogP contribution in [0.3, 0.4) is 0 Å². The Hall–Kier alpha value is -2.07. The predicted molar refractivity (Wildman–Crippen MR) is 47.6 cm³/mol. The Labute approximate surface area is 88.4 Å². The fourth-order valence-electron chi connectivity index (χ4n) is 0.923. The maximum absolute atomic E-state index is 10.6. The van der Waals surface area contributed by atoms with E-state index in [-0.39, 0.29) is 0 Å². The van der Waals surface area contributed by atoms with Gasteiger partial charge in [0.15, 0.2) is 0 Å². The second-order valence-electron chi connectivity index (χ2n) is 2.65. The number of benzene rings is 1. The third-order valence-electron chi connectivity index (χ3n) is 1.59. The van der Waals surface area contributed by atoms with Crippen LogP contribution in [0.5, 0.6) is 0 Å². The van der Waals surface area contributed by atoms with Gasteiger partial charge < -0.3 is 0 Å². The summed E-state index contributed by atoms with van der Waals surface area (Å²) in [5.41, 5.74) is -1.66. The number of non-ortho nitro benzene ring substituents is 2. The molecular weight excluding hydrogens is 244 g/mol. The molecule has 0 aliphatic heterocycles. The van der Waals surface area contributed by atoms with Crippen LogP contribution >= 0.6 is 0 Å². The molecule has 1 radical (unpaired) electrons. The van der Waals surface area contributed by atoms with E-state index < -0.39 is 36.2 Å². The normalized spacial score (nSPS) is 11.1. The lowest BCUT2D eigenvalue weighted by Gasteiger charge is -1.96. The lowest BCUT2D eigenvalue weighted by Crippen LogP contribution is -2.00. The molecule has 0 aliphatic carbocycles.